The van der Waals surface area contributed by atoms with Gasteiger partial charge in [0, 0.05) is 4.47 Å². The number of sulfonamides is 1. The molecule has 3 rings (SSSR count). The summed E-state index contributed by atoms with van der Waals surface area (Å²) >= 11 is 3.31. The average molecular weight is 459 g/mol. The normalized spacial score (nSPS) is 11.3. The SMILES string of the molecule is O=C(Oc1ccc(C=NNS(=O)(=O)c2ccccc2)cc1)c1ccccc1Br. The number of hydrazone groups is 1. The molecule has 0 spiro atoms. The molecule has 142 valence electrons. The first-order valence-electron chi connectivity index (χ1n) is 8.12. The van der Waals surface area contributed by atoms with Gasteiger partial charge in [0.25, 0.3) is 10.0 Å². The lowest BCUT2D eigenvalue weighted by Gasteiger charge is -2.06. The third kappa shape index (κ3) is 5.05. The number of rotatable bonds is 6. The van der Waals surface area contributed by atoms with Gasteiger partial charge in [-0.3, -0.25) is 0 Å². The van der Waals surface area contributed by atoms with E-state index in [9.17, 15) is 13.2 Å². The van der Waals surface area contributed by atoms with Crippen molar-refractivity contribution in [3.8, 4) is 5.75 Å². The molecule has 0 aromatic heterocycles. The molecule has 0 saturated carbocycles. The average Bonchev–Trinajstić information content (AvgIpc) is 2.70. The van der Waals surface area contributed by atoms with Gasteiger partial charge in [-0.15, -0.1) is 0 Å². The third-order valence-electron chi connectivity index (χ3n) is 3.62. The predicted molar refractivity (Wildman–Crippen MR) is 110 cm³/mol. The standard InChI is InChI=1S/C20H15BrN2O4S/c21-19-9-5-4-8-18(19)20(24)27-16-12-10-15(11-13-16)14-22-23-28(25,26)17-6-2-1-3-7-17/h1-14,23H. The fraction of sp³-hybridized carbons (Fsp3) is 0. The maximum atomic E-state index is 12.2. The monoisotopic (exact) mass is 458 g/mol. The number of benzene rings is 3. The van der Waals surface area contributed by atoms with Crippen molar-refractivity contribution >= 4 is 38.1 Å². The summed E-state index contributed by atoms with van der Waals surface area (Å²) in [6.07, 6.45) is 1.36. The molecule has 0 amide bonds. The highest BCUT2D eigenvalue weighted by Gasteiger charge is 2.12. The van der Waals surface area contributed by atoms with Crippen molar-refractivity contribution in [3.63, 3.8) is 0 Å². The molecule has 0 unspecified atom stereocenters. The van der Waals surface area contributed by atoms with E-state index in [1.54, 1.807) is 66.7 Å². The van der Waals surface area contributed by atoms with Crippen LogP contribution in [0.4, 0.5) is 0 Å². The van der Waals surface area contributed by atoms with Crippen molar-refractivity contribution in [2.24, 2.45) is 5.10 Å². The molecule has 0 fully saturated rings. The molecule has 0 bridgehead atoms. The Labute approximate surface area is 171 Å². The van der Waals surface area contributed by atoms with Gasteiger partial charge in [-0.25, -0.2) is 9.63 Å². The van der Waals surface area contributed by atoms with Crippen LogP contribution >= 0.6 is 15.9 Å². The zero-order valence-corrected chi connectivity index (χ0v) is 16.9. The summed E-state index contributed by atoms with van der Waals surface area (Å²) in [5.41, 5.74) is 1.06. The minimum atomic E-state index is -3.71. The number of carbonyl (C=O) groups excluding carboxylic acids is 1. The lowest BCUT2D eigenvalue weighted by molar-refractivity contribution is 0.0734. The van der Waals surface area contributed by atoms with Gasteiger partial charge >= 0.3 is 5.97 Å². The Bertz CT molecular complexity index is 1100. The molecule has 6 nitrogen and oxygen atoms in total. The Morgan fingerprint density at radius 2 is 1.57 bits per heavy atom. The van der Waals surface area contributed by atoms with E-state index >= 15 is 0 Å². The zero-order valence-electron chi connectivity index (χ0n) is 14.4. The van der Waals surface area contributed by atoms with Gasteiger partial charge in [-0.1, -0.05) is 30.3 Å². The second-order valence-corrected chi connectivity index (χ2v) is 8.12. The summed E-state index contributed by atoms with van der Waals surface area (Å²) < 4.78 is 30.1. The molecule has 0 aliphatic heterocycles. The van der Waals surface area contributed by atoms with E-state index in [0.29, 0.717) is 21.3 Å². The van der Waals surface area contributed by atoms with Crippen molar-refractivity contribution in [2.45, 2.75) is 4.90 Å². The van der Waals surface area contributed by atoms with Crippen molar-refractivity contribution in [1.29, 1.82) is 0 Å². The van der Waals surface area contributed by atoms with E-state index in [0.717, 1.165) is 0 Å². The number of nitrogens with one attached hydrogen (secondary N) is 1. The van der Waals surface area contributed by atoms with Crippen LogP contribution < -0.4 is 9.57 Å². The smallest absolute Gasteiger partial charge is 0.344 e. The van der Waals surface area contributed by atoms with Crippen molar-refractivity contribution in [2.75, 3.05) is 0 Å². The van der Waals surface area contributed by atoms with Crippen LogP contribution in [0, 0.1) is 0 Å². The minimum Gasteiger partial charge on any atom is -0.423 e. The first kappa shape index (κ1) is 19.8. The molecule has 0 radical (unpaired) electrons. The molecule has 3 aromatic carbocycles. The molecule has 3 aromatic rings. The molecular formula is C20H15BrN2O4S. The molecule has 8 heteroatoms. The van der Waals surface area contributed by atoms with Gasteiger partial charge in [-0.2, -0.15) is 13.5 Å². The van der Waals surface area contributed by atoms with Gasteiger partial charge in [0.15, 0.2) is 0 Å². The van der Waals surface area contributed by atoms with E-state index in [1.165, 1.54) is 18.3 Å². The fourth-order valence-corrected chi connectivity index (χ4v) is 3.49. The Hall–Kier alpha value is -2.97. The summed E-state index contributed by atoms with van der Waals surface area (Å²) in [5, 5.41) is 3.76. The van der Waals surface area contributed by atoms with E-state index in [-0.39, 0.29) is 4.90 Å². The van der Waals surface area contributed by atoms with Crippen LogP contribution in [-0.4, -0.2) is 20.6 Å². The summed E-state index contributed by atoms with van der Waals surface area (Å²) in [6, 6.07) is 21.4. The fourth-order valence-electron chi connectivity index (χ4n) is 2.23. The number of carbonyl (C=O) groups is 1. The Kier molecular flexibility index (Phi) is 6.23. The number of halogens is 1. The number of hydrogen-bond donors (Lipinski definition) is 1. The predicted octanol–water partition coefficient (Wildman–Crippen LogP) is 3.98. The Morgan fingerprint density at radius 3 is 2.25 bits per heavy atom. The van der Waals surface area contributed by atoms with Crippen molar-refractivity contribution < 1.29 is 17.9 Å². The van der Waals surface area contributed by atoms with Crippen LogP contribution in [0.2, 0.25) is 0 Å². The van der Waals surface area contributed by atoms with Gasteiger partial charge in [0.05, 0.1) is 16.7 Å². The lowest BCUT2D eigenvalue weighted by Crippen LogP contribution is -2.18. The quantitative estimate of drug-likeness (QED) is 0.262. The summed E-state index contributed by atoms with van der Waals surface area (Å²) in [5.74, 6) is -0.118. The molecule has 0 heterocycles. The van der Waals surface area contributed by atoms with Crippen LogP contribution in [0.5, 0.6) is 5.75 Å². The topological polar surface area (TPSA) is 84.8 Å². The molecule has 1 N–H and O–H groups in total. The van der Waals surface area contributed by atoms with Gasteiger partial charge in [-0.05, 0) is 70.0 Å². The van der Waals surface area contributed by atoms with Crippen molar-refractivity contribution in [1.82, 2.24) is 4.83 Å². The number of esters is 1. The van der Waals surface area contributed by atoms with Crippen LogP contribution in [0.1, 0.15) is 15.9 Å². The summed E-state index contributed by atoms with van der Waals surface area (Å²) in [7, 11) is -3.71. The number of hydrogen-bond acceptors (Lipinski definition) is 5. The second-order valence-electron chi connectivity index (χ2n) is 5.60. The highest BCUT2D eigenvalue weighted by atomic mass is 79.9. The largest absolute Gasteiger partial charge is 0.423 e. The van der Waals surface area contributed by atoms with E-state index < -0.39 is 16.0 Å². The summed E-state index contributed by atoms with van der Waals surface area (Å²) in [4.78, 5) is 14.5. The molecule has 28 heavy (non-hydrogen) atoms. The van der Waals surface area contributed by atoms with Gasteiger partial charge < -0.3 is 4.74 Å². The van der Waals surface area contributed by atoms with Crippen LogP contribution in [0.15, 0.2) is 93.3 Å². The maximum absolute atomic E-state index is 12.2. The highest BCUT2D eigenvalue weighted by molar-refractivity contribution is 9.10. The van der Waals surface area contributed by atoms with E-state index in [2.05, 4.69) is 25.9 Å². The van der Waals surface area contributed by atoms with Crippen LogP contribution in [-0.2, 0) is 10.0 Å². The highest BCUT2D eigenvalue weighted by Crippen LogP contribution is 2.19. The third-order valence-corrected chi connectivity index (χ3v) is 5.55. The Morgan fingerprint density at radius 1 is 0.929 bits per heavy atom. The van der Waals surface area contributed by atoms with Crippen molar-refractivity contribution in [3.05, 3.63) is 94.5 Å². The molecule has 0 saturated heterocycles. The molecule has 0 aliphatic carbocycles. The minimum absolute atomic E-state index is 0.126. The Balaban J connectivity index is 1.62. The van der Waals surface area contributed by atoms with Crippen LogP contribution in [0.3, 0.4) is 0 Å². The summed E-state index contributed by atoms with van der Waals surface area (Å²) in [6.45, 7) is 0. The second kappa shape index (κ2) is 8.81. The van der Waals surface area contributed by atoms with Crippen LogP contribution in [0.25, 0.3) is 0 Å². The molecule has 0 atom stereocenters. The maximum Gasteiger partial charge on any atom is 0.344 e. The first-order chi connectivity index (χ1) is 13.5. The zero-order chi connectivity index (χ0) is 20.0. The van der Waals surface area contributed by atoms with E-state index in [1.807, 2.05) is 0 Å². The van der Waals surface area contributed by atoms with Gasteiger partial charge in [0.2, 0.25) is 0 Å². The molecular weight excluding hydrogens is 444 g/mol. The number of nitrogens with zero attached hydrogens (tertiary/aromatic N) is 1. The molecule has 0 aliphatic rings. The lowest BCUT2D eigenvalue weighted by atomic mass is 10.2. The van der Waals surface area contributed by atoms with E-state index in [4.69, 9.17) is 4.74 Å². The van der Waals surface area contributed by atoms with Gasteiger partial charge in [0.1, 0.15) is 5.75 Å². The number of ether oxygens (including phenoxy) is 1. The first-order valence-corrected chi connectivity index (χ1v) is 10.4.